The molecule has 2 aromatic rings. The Morgan fingerprint density at radius 2 is 1.87 bits per heavy atom. The Kier molecular flexibility index (Phi) is 3.19. The average Bonchev–Trinajstić information content (AvgIpc) is 2.71. The normalized spacial score (nSPS) is 13.1. The first kappa shape index (κ1) is 11.2. The molecule has 0 fully saturated rings. The summed E-state index contributed by atoms with van der Waals surface area (Å²) in [7, 11) is 0. The van der Waals surface area contributed by atoms with Crippen LogP contribution in [0.4, 0.5) is 0 Å². The number of alkyl halides is 1. The lowest BCUT2D eigenvalue weighted by atomic mass is 10.1. The molecule has 1 unspecified atom stereocenters. The molecule has 0 N–H and O–H groups in total. The third-order valence-corrected chi connectivity index (χ3v) is 4.74. The second-order valence-electron chi connectivity index (χ2n) is 3.72. The number of aryl methyl sites for hydroxylation is 3. The maximum Gasteiger partial charge on any atom is 0.0854 e. The lowest BCUT2D eigenvalue weighted by Gasteiger charge is -2.06. The molecule has 3 heteroatoms. The number of hydrogen-bond donors (Lipinski definition) is 0. The highest BCUT2D eigenvalue weighted by Crippen LogP contribution is 2.36. The summed E-state index contributed by atoms with van der Waals surface area (Å²) in [6.07, 6.45) is 0. The fourth-order valence-corrected chi connectivity index (χ4v) is 3.86. The van der Waals surface area contributed by atoms with E-state index >= 15 is 0 Å². The summed E-state index contributed by atoms with van der Waals surface area (Å²) in [4.78, 5) is 3.98. The fraction of sp³-hybridized carbons (Fsp3) is 0.333. The molecule has 0 aromatic carbocycles. The smallest absolute Gasteiger partial charge is 0.0854 e. The summed E-state index contributed by atoms with van der Waals surface area (Å²) in [5, 5.41) is 2.17. The predicted molar refractivity (Wildman–Crippen MR) is 70.5 cm³/mol. The molecule has 2 rings (SSSR count). The van der Waals surface area contributed by atoms with Crippen molar-refractivity contribution in [3.8, 4) is 0 Å². The Balaban J connectivity index is 2.35. The van der Waals surface area contributed by atoms with Crippen LogP contribution < -0.4 is 0 Å². The molecule has 1 atom stereocenters. The van der Waals surface area contributed by atoms with Crippen LogP contribution in [0.3, 0.4) is 0 Å². The minimum atomic E-state index is 0.0138. The zero-order valence-corrected chi connectivity index (χ0v) is 11.4. The SMILES string of the molecule is Cc1cc(C(Cl)c2cc(C)sc2C)cs1. The van der Waals surface area contributed by atoms with E-state index in [-0.39, 0.29) is 5.38 Å². The molecule has 0 saturated heterocycles. The van der Waals surface area contributed by atoms with Gasteiger partial charge in [-0.05, 0) is 49.4 Å². The van der Waals surface area contributed by atoms with Crippen molar-refractivity contribution in [1.29, 1.82) is 0 Å². The summed E-state index contributed by atoms with van der Waals surface area (Å²) in [5.74, 6) is 0. The molecule has 0 amide bonds. The van der Waals surface area contributed by atoms with Crippen molar-refractivity contribution >= 4 is 34.3 Å². The van der Waals surface area contributed by atoms with Crippen LogP contribution in [0, 0.1) is 20.8 Å². The monoisotopic (exact) mass is 256 g/mol. The number of rotatable bonds is 2. The molecule has 80 valence electrons. The van der Waals surface area contributed by atoms with Crippen molar-refractivity contribution in [2.24, 2.45) is 0 Å². The van der Waals surface area contributed by atoms with Gasteiger partial charge in [0.25, 0.3) is 0 Å². The van der Waals surface area contributed by atoms with Crippen LogP contribution in [0.5, 0.6) is 0 Å². The van der Waals surface area contributed by atoms with Crippen LogP contribution in [0.2, 0.25) is 0 Å². The third-order valence-electron chi connectivity index (χ3n) is 2.40. The summed E-state index contributed by atoms with van der Waals surface area (Å²) in [6, 6.07) is 4.37. The molecule has 15 heavy (non-hydrogen) atoms. The van der Waals surface area contributed by atoms with E-state index < -0.39 is 0 Å². The quantitative estimate of drug-likeness (QED) is 0.659. The first-order valence-corrected chi connectivity index (χ1v) is 6.97. The second-order valence-corrected chi connectivity index (χ2v) is 6.73. The topological polar surface area (TPSA) is 0 Å². The van der Waals surface area contributed by atoms with Gasteiger partial charge in [0.05, 0.1) is 5.38 Å². The van der Waals surface area contributed by atoms with Gasteiger partial charge in [-0.1, -0.05) is 0 Å². The van der Waals surface area contributed by atoms with Gasteiger partial charge in [-0.3, -0.25) is 0 Å². The van der Waals surface area contributed by atoms with Crippen LogP contribution in [-0.4, -0.2) is 0 Å². The fourth-order valence-electron chi connectivity index (χ4n) is 1.68. The van der Waals surface area contributed by atoms with Crippen LogP contribution in [0.25, 0.3) is 0 Å². The zero-order valence-electron chi connectivity index (χ0n) is 9.00. The predicted octanol–water partition coefficient (Wildman–Crippen LogP) is 5.06. The van der Waals surface area contributed by atoms with Crippen LogP contribution in [0.15, 0.2) is 17.5 Å². The number of thiophene rings is 2. The first-order valence-electron chi connectivity index (χ1n) is 4.84. The highest BCUT2D eigenvalue weighted by atomic mass is 35.5. The Morgan fingerprint density at radius 1 is 1.13 bits per heavy atom. The van der Waals surface area contributed by atoms with Gasteiger partial charge in [-0.25, -0.2) is 0 Å². The molecule has 0 bridgehead atoms. The van der Waals surface area contributed by atoms with Gasteiger partial charge >= 0.3 is 0 Å². The summed E-state index contributed by atoms with van der Waals surface area (Å²) < 4.78 is 0. The van der Waals surface area contributed by atoms with Gasteiger partial charge in [0.1, 0.15) is 0 Å². The summed E-state index contributed by atoms with van der Waals surface area (Å²) in [5.41, 5.74) is 2.48. The Labute approximate surface area is 104 Å². The minimum absolute atomic E-state index is 0.0138. The maximum atomic E-state index is 6.48. The lowest BCUT2D eigenvalue weighted by Crippen LogP contribution is -1.90. The van der Waals surface area contributed by atoms with E-state index in [9.17, 15) is 0 Å². The molecule has 0 radical (unpaired) electrons. The molecule has 2 aromatic heterocycles. The minimum Gasteiger partial charge on any atom is -0.149 e. The third kappa shape index (κ3) is 2.27. The van der Waals surface area contributed by atoms with Gasteiger partial charge in [0.2, 0.25) is 0 Å². The van der Waals surface area contributed by atoms with E-state index in [4.69, 9.17) is 11.6 Å². The molecule has 0 aliphatic carbocycles. The maximum absolute atomic E-state index is 6.48. The number of halogens is 1. The number of hydrogen-bond acceptors (Lipinski definition) is 2. The van der Waals surface area contributed by atoms with Crippen molar-refractivity contribution in [3.63, 3.8) is 0 Å². The van der Waals surface area contributed by atoms with Gasteiger partial charge in [0.15, 0.2) is 0 Å². The van der Waals surface area contributed by atoms with Gasteiger partial charge in [-0.15, -0.1) is 34.3 Å². The molecule has 0 aliphatic rings. The van der Waals surface area contributed by atoms with E-state index in [0.29, 0.717) is 0 Å². The van der Waals surface area contributed by atoms with Crippen molar-refractivity contribution < 1.29 is 0 Å². The molecule has 2 heterocycles. The van der Waals surface area contributed by atoms with E-state index in [0.717, 1.165) is 0 Å². The Bertz CT molecular complexity index is 468. The Hall–Kier alpha value is -0.310. The van der Waals surface area contributed by atoms with Crippen molar-refractivity contribution in [2.75, 3.05) is 0 Å². The van der Waals surface area contributed by atoms with Gasteiger partial charge in [-0.2, -0.15) is 0 Å². The van der Waals surface area contributed by atoms with Crippen molar-refractivity contribution in [3.05, 3.63) is 43.3 Å². The van der Waals surface area contributed by atoms with Crippen molar-refractivity contribution in [2.45, 2.75) is 26.1 Å². The zero-order chi connectivity index (χ0) is 11.0. The standard InChI is InChI=1S/C12H13ClS2/c1-7-4-10(6-14-7)12(13)11-5-8(2)15-9(11)3/h4-6,12H,1-3H3. The average molecular weight is 257 g/mol. The van der Waals surface area contributed by atoms with E-state index in [1.165, 1.54) is 25.8 Å². The lowest BCUT2D eigenvalue weighted by molar-refractivity contribution is 1.14. The largest absolute Gasteiger partial charge is 0.149 e. The molecule has 0 aliphatic heterocycles. The molecular formula is C12H13ClS2. The van der Waals surface area contributed by atoms with Crippen LogP contribution in [-0.2, 0) is 0 Å². The summed E-state index contributed by atoms with van der Waals surface area (Å²) >= 11 is 10.1. The van der Waals surface area contributed by atoms with E-state index in [1.54, 1.807) is 11.3 Å². The molecule has 0 saturated carbocycles. The van der Waals surface area contributed by atoms with E-state index in [1.807, 2.05) is 11.3 Å². The van der Waals surface area contributed by atoms with E-state index in [2.05, 4.69) is 38.3 Å². The molecular weight excluding hydrogens is 244 g/mol. The van der Waals surface area contributed by atoms with Crippen LogP contribution in [0.1, 0.15) is 31.1 Å². The summed E-state index contributed by atoms with van der Waals surface area (Å²) in [6.45, 7) is 6.38. The van der Waals surface area contributed by atoms with Gasteiger partial charge in [0, 0.05) is 14.6 Å². The van der Waals surface area contributed by atoms with Gasteiger partial charge < -0.3 is 0 Å². The highest BCUT2D eigenvalue weighted by molar-refractivity contribution is 7.12. The molecule has 0 spiro atoms. The Morgan fingerprint density at radius 3 is 2.33 bits per heavy atom. The van der Waals surface area contributed by atoms with Crippen molar-refractivity contribution in [1.82, 2.24) is 0 Å². The van der Waals surface area contributed by atoms with Crippen LogP contribution >= 0.6 is 34.3 Å². The molecule has 0 nitrogen and oxygen atoms in total. The highest BCUT2D eigenvalue weighted by Gasteiger charge is 2.16. The first-order chi connectivity index (χ1) is 7.08. The second kappa shape index (κ2) is 4.28.